The van der Waals surface area contributed by atoms with E-state index in [0.717, 1.165) is 26.2 Å². The van der Waals surface area contributed by atoms with Gasteiger partial charge in [-0.2, -0.15) is 0 Å². The zero-order valence-corrected chi connectivity index (χ0v) is 10.5. The molecule has 2 aliphatic heterocycles. The molecule has 2 heterocycles. The fourth-order valence-corrected chi connectivity index (χ4v) is 2.62. The van der Waals surface area contributed by atoms with Crippen LogP contribution < -0.4 is 5.32 Å². The minimum Gasteiger partial charge on any atom is -0.374 e. The standard InChI is InChI=1S/C12H25N3O/c1-13-10-12-11-15(8-9-16-12)7-6-14-4-2-3-5-14/h12-13H,2-11H2,1H3. The summed E-state index contributed by atoms with van der Waals surface area (Å²) in [7, 11) is 1.99. The van der Waals surface area contributed by atoms with Gasteiger partial charge in [-0.3, -0.25) is 4.90 Å². The van der Waals surface area contributed by atoms with E-state index in [2.05, 4.69) is 15.1 Å². The summed E-state index contributed by atoms with van der Waals surface area (Å²) in [4.78, 5) is 5.13. The molecule has 1 N–H and O–H groups in total. The molecule has 0 aliphatic carbocycles. The van der Waals surface area contributed by atoms with Gasteiger partial charge in [0.1, 0.15) is 0 Å². The van der Waals surface area contributed by atoms with E-state index in [9.17, 15) is 0 Å². The first-order chi connectivity index (χ1) is 7.88. The minimum absolute atomic E-state index is 0.386. The Morgan fingerprint density at radius 3 is 2.62 bits per heavy atom. The zero-order chi connectivity index (χ0) is 11.2. The van der Waals surface area contributed by atoms with Crippen LogP contribution >= 0.6 is 0 Å². The molecule has 0 bridgehead atoms. The minimum atomic E-state index is 0.386. The first-order valence-corrected chi connectivity index (χ1v) is 6.59. The molecule has 94 valence electrons. The van der Waals surface area contributed by atoms with Gasteiger partial charge in [-0.25, -0.2) is 0 Å². The van der Waals surface area contributed by atoms with Gasteiger partial charge in [-0.05, 0) is 33.0 Å². The Balaban J connectivity index is 1.64. The number of hydrogen-bond donors (Lipinski definition) is 1. The molecule has 16 heavy (non-hydrogen) atoms. The first-order valence-electron chi connectivity index (χ1n) is 6.59. The predicted molar refractivity (Wildman–Crippen MR) is 65.8 cm³/mol. The highest BCUT2D eigenvalue weighted by Crippen LogP contribution is 2.08. The Morgan fingerprint density at radius 2 is 1.88 bits per heavy atom. The van der Waals surface area contributed by atoms with Crippen LogP contribution in [0.4, 0.5) is 0 Å². The summed E-state index contributed by atoms with van der Waals surface area (Å²) in [6.07, 6.45) is 3.18. The maximum absolute atomic E-state index is 5.70. The van der Waals surface area contributed by atoms with Crippen LogP contribution in [0, 0.1) is 0 Å². The van der Waals surface area contributed by atoms with Crippen molar-refractivity contribution in [3.05, 3.63) is 0 Å². The quantitative estimate of drug-likeness (QED) is 0.716. The molecule has 0 aromatic heterocycles. The van der Waals surface area contributed by atoms with E-state index in [0.29, 0.717) is 6.10 Å². The zero-order valence-electron chi connectivity index (χ0n) is 10.5. The molecule has 2 aliphatic rings. The van der Waals surface area contributed by atoms with Crippen LogP contribution in [0.25, 0.3) is 0 Å². The summed E-state index contributed by atoms with van der Waals surface area (Å²) in [6, 6.07) is 0. The van der Waals surface area contributed by atoms with Gasteiger partial charge in [0.15, 0.2) is 0 Å². The van der Waals surface area contributed by atoms with Crippen LogP contribution in [0.2, 0.25) is 0 Å². The van der Waals surface area contributed by atoms with Crippen molar-refractivity contribution >= 4 is 0 Å². The van der Waals surface area contributed by atoms with E-state index in [1.54, 1.807) is 0 Å². The number of likely N-dealkylation sites (tertiary alicyclic amines) is 1. The number of likely N-dealkylation sites (N-methyl/N-ethyl adjacent to an activating group) is 1. The third kappa shape index (κ3) is 3.70. The third-order valence-corrected chi connectivity index (χ3v) is 3.59. The van der Waals surface area contributed by atoms with Crippen molar-refractivity contribution in [1.29, 1.82) is 0 Å². The predicted octanol–water partition coefficient (Wildman–Crippen LogP) is 0.00240. The Kier molecular flexibility index (Phi) is 5.03. The molecule has 1 atom stereocenters. The van der Waals surface area contributed by atoms with Crippen molar-refractivity contribution in [1.82, 2.24) is 15.1 Å². The summed E-state index contributed by atoms with van der Waals surface area (Å²) >= 11 is 0. The van der Waals surface area contributed by atoms with Crippen LogP contribution in [-0.2, 0) is 4.74 Å². The molecule has 4 heteroatoms. The molecule has 0 spiro atoms. The van der Waals surface area contributed by atoms with Gasteiger partial charge in [0.05, 0.1) is 12.7 Å². The number of morpholine rings is 1. The lowest BCUT2D eigenvalue weighted by atomic mass is 10.2. The van der Waals surface area contributed by atoms with Crippen LogP contribution in [0.5, 0.6) is 0 Å². The van der Waals surface area contributed by atoms with Crippen molar-refractivity contribution in [2.24, 2.45) is 0 Å². The maximum atomic E-state index is 5.70. The summed E-state index contributed by atoms with van der Waals surface area (Å²) in [5.74, 6) is 0. The summed E-state index contributed by atoms with van der Waals surface area (Å²) in [6.45, 7) is 9.14. The molecule has 0 amide bonds. The van der Waals surface area contributed by atoms with Crippen LogP contribution in [-0.4, -0.2) is 75.4 Å². The summed E-state index contributed by atoms with van der Waals surface area (Å²) in [5.41, 5.74) is 0. The van der Waals surface area contributed by atoms with Gasteiger partial charge in [0.2, 0.25) is 0 Å². The molecule has 0 radical (unpaired) electrons. The Bertz CT molecular complexity index is 193. The number of hydrogen-bond acceptors (Lipinski definition) is 4. The van der Waals surface area contributed by atoms with Gasteiger partial charge in [0, 0.05) is 32.7 Å². The number of ether oxygens (including phenoxy) is 1. The summed E-state index contributed by atoms with van der Waals surface area (Å²) in [5, 5.41) is 3.19. The SMILES string of the molecule is CNCC1CN(CCN2CCCC2)CCO1. The van der Waals surface area contributed by atoms with Crippen molar-refractivity contribution in [3.63, 3.8) is 0 Å². The van der Waals surface area contributed by atoms with Gasteiger partial charge in [-0.1, -0.05) is 0 Å². The average Bonchev–Trinajstić information content (AvgIpc) is 2.80. The van der Waals surface area contributed by atoms with Gasteiger partial charge in [0.25, 0.3) is 0 Å². The first kappa shape index (κ1) is 12.3. The lowest BCUT2D eigenvalue weighted by Gasteiger charge is -2.33. The second-order valence-electron chi connectivity index (χ2n) is 4.90. The van der Waals surface area contributed by atoms with Crippen molar-refractivity contribution in [2.75, 3.05) is 59.5 Å². The molecule has 4 nitrogen and oxygen atoms in total. The molecule has 0 saturated carbocycles. The Morgan fingerprint density at radius 1 is 1.12 bits per heavy atom. The van der Waals surface area contributed by atoms with E-state index in [4.69, 9.17) is 4.74 Å². The second kappa shape index (κ2) is 6.55. The van der Waals surface area contributed by atoms with E-state index in [-0.39, 0.29) is 0 Å². The molecule has 2 rings (SSSR count). The Hall–Kier alpha value is -0.160. The molecule has 1 unspecified atom stereocenters. The van der Waals surface area contributed by atoms with Crippen LogP contribution in [0.1, 0.15) is 12.8 Å². The van der Waals surface area contributed by atoms with Crippen molar-refractivity contribution in [3.8, 4) is 0 Å². The second-order valence-corrected chi connectivity index (χ2v) is 4.90. The lowest BCUT2D eigenvalue weighted by molar-refractivity contribution is -0.0279. The monoisotopic (exact) mass is 227 g/mol. The van der Waals surface area contributed by atoms with E-state index >= 15 is 0 Å². The van der Waals surface area contributed by atoms with Crippen LogP contribution in [0.3, 0.4) is 0 Å². The highest BCUT2D eigenvalue weighted by Gasteiger charge is 2.20. The average molecular weight is 227 g/mol. The molecule has 2 saturated heterocycles. The normalized spacial score (nSPS) is 28.7. The molecular weight excluding hydrogens is 202 g/mol. The maximum Gasteiger partial charge on any atom is 0.0826 e. The number of nitrogens with zero attached hydrogens (tertiary/aromatic N) is 2. The third-order valence-electron chi connectivity index (χ3n) is 3.59. The smallest absolute Gasteiger partial charge is 0.0826 e. The molecule has 0 aromatic rings. The number of nitrogens with one attached hydrogen (secondary N) is 1. The Labute approximate surface area is 98.9 Å². The highest BCUT2D eigenvalue weighted by molar-refractivity contribution is 4.75. The lowest BCUT2D eigenvalue weighted by Crippen LogP contribution is -2.48. The van der Waals surface area contributed by atoms with Gasteiger partial charge < -0.3 is 15.0 Å². The summed E-state index contributed by atoms with van der Waals surface area (Å²) < 4.78 is 5.70. The molecule has 0 aromatic carbocycles. The fraction of sp³-hybridized carbons (Fsp3) is 1.00. The van der Waals surface area contributed by atoms with Crippen LogP contribution in [0.15, 0.2) is 0 Å². The van der Waals surface area contributed by atoms with Crippen molar-refractivity contribution < 1.29 is 4.74 Å². The van der Waals surface area contributed by atoms with E-state index in [1.807, 2.05) is 7.05 Å². The topological polar surface area (TPSA) is 27.7 Å². The van der Waals surface area contributed by atoms with Gasteiger partial charge >= 0.3 is 0 Å². The molecule has 2 fully saturated rings. The van der Waals surface area contributed by atoms with E-state index in [1.165, 1.54) is 39.0 Å². The van der Waals surface area contributed by atoms with E-state index < -0.39 is 0 Å². The largest absolute Gasteiger partial charge is 0.374 e. The highest BCUT2D eigenvalue weighted by atomic mass is 16.5. The van der Waals surface area contributed by atoms with Gasteiger partial charge in [-0.15, -0.1) is 0 Å². The molecular formula is C12H25N3O. The fourth-order valence-electron chi connectivity index (χ4n) is 2.62. The van der Waals surface area contributed by atoms with Crippen molar-refractivity contribution in [2.45, 2.75) is 18.9 Å². The number of rotatable bonds is 5.